The van der Waals surface area contributed by atoms with Gasteiger partial charge in [-0.25, -0.2) is 8.78 Å². The fourth-order valence-electron chi connectivity index (χ4n) is 2.89. The van der Waals surface area contributed by atoms with Gasteiger partial charge in [0.15, 0.2) is 17.3 Å². The third-order valence-corrected chi connectivity index (χ3v) is 4.57. The molecule has 2 amide bonds. The van der Waals surface area contributed by atoms with Gasteiger partial charge in [-0.3, -0.25) is 14.7 Å². The Hall–Kier alpha value is -2.48. The highest BCUT2D eigenvalue weighted by molar-refractivity contribution is 6.34. The molecule has 1 fully saturated rings. The molecule has 0 saturated heterocycles. The summed E-state index contributed by atoms with van der Waals surface area (Å²) in [5.74, 6) is -3.27. The van der Waals surface area contributed by atoms with Crippen LogP contribution in [0.3, 0.4) is 0 Å². The van der Waals surface area contributed by atoms with E-state index >= 15 is 0 Å². The summed E-state index contributed by atoms with van der Waals surface area (Å²) >= 11 is 5.77. The highest BCUT2D eigenvalue weighted by Crippen LogP contribution is 2.21. The molecule has 0 bridgehead atoms. The molecule has 1 aromatic carbocycles. The van der Waals surface area contributed by atoms with Crippen LogP contribution in [0.5, 0.6) is 0 Å². The van der Waals surface area contributed by atoms with Crippen LogP contribution in [0.2, 0.25) is 5.02 Å². The van der Waals surface area contributed by atoms with Crippen molar-refractivity contribution in [2.75, 3.05) is 5.32 Å². The number of halogens is 3. The Bertz CT molecular complexity index is 834. The van der Waals surface area contributed by atoms with Gasteiger partial charge < -0.3 is 10.6 Å². The molecule has 9 heteroatoms. The fourth-order valence-corrected chi connectivity index (χ4v) is 3.13. The smallest absolute Gasteiger partial charge is 0.272 e. The maximum atomic E-state index is 13.3. The number of hydrogen-bond donors (Lipinski definition) is 3. The molecular weight excluding hydrogens is 366 g/mol. The molecule has 0 unspecified atom stereocenters. The summed E-state index contributed by atoms with van der Waals surface area (Å²) in [7, 11) is 0. The molecule has 1 aliphatic rings. The van der Waals surface area contributed by atoms with E-state index in [9.17, 15) is 18.4 Å². The third kappa shape index (κ3) is 4.19. The normalized spacial score (nSPS) is 14.9. The summed E-state index contributed by atoms with van der Waals surface area (Å²) in [5, 5.41) is 11.5. The largest absolute Gasteiger partial charge is 0.348 e. The van der Waals surface area contributed by atoms with Crippen molar-refractivity contribution in [3.63, 3.8) is 0 Å². The first kappa shape index (κ1) is 18.3. The number of amides is 2. The van der Waals surface area contributed by atoms with Crippen molar-refractivity contribution >= 4 is 29.2 Å². The van der Waals surface area contributed by atoms with Crippen LogP contribution in [0, 0.1) is 11.6 Å². The zero-order chi connectivity index (χ0) is 18.7. The lowest BCUT2D eigenvalue weighted by Crippen LogP contribution is -2.36. The second-order valence-electron chi connectivity index (χ2n) is 6.18. The quantitative estimate of drug-likeness (QED) is 0.705. The van der Waals surface area contributed by atoms with Crippen molar-refractivity contribution in [1.82, 2.24) is 15.5 Å². The SMILES string of the molecule is O=C(NC1CCCCC1)c1cc(NC(=O)c2cc(F)c(F)cc2Cl)[nH]n1. The van der Waals surface area contributed by atoms with Gasteiger partial charge in [-0.1, -0.05) is 30.9 Å². The molecular formula is C17H17ClF2N4O2. The van der Waals surface area contributed by atoms with Crippen molar-refractivity contribution in [2.45, 2.75) is 38.1 Å². The van der Waals surface area contributed by atoms with Gasteiger partial charge in [0, 0.05) is 12.1 Å². The molecule has 0 spiro atoms. The summed E-state index contributed by atoms with van der Waals surface area (Å²) in [6, 6.07) is 2.93. The number of nitrogens with one attached hydrogen (secondary N) is 3. The van der Waals surface area contributed by atoms with Gasteiger partial charge in [0.25, 0.3) is 11.8 Å². The van der Waals surface area contributed by atoms with Crippen LogP contribution in [0.1, 0.15) is 53.0 Å². The Morgan fingerprint density at radius 2 is 1.77 bits per heavy atom. The number of rotatable bonds is 4. The first-order chi connectivity index (χ1) is 12.4. The van der Waals surface area contributed by atoms with Gasteiger partial charge in [0.2, 0.25) is 0 Å². The number of carbonyl (C=O) groups excluding carboxylic acids is 2. The lowest BCUT2D eigenvalue weighted by Gasteiger charge is -2.22. The number of benzene rings is 1. The molecule has 1 aliphatic carbocycles. The van der Waals surface area contributed by atoms with Crippen LogP contribution in [0.15, 0.2) is 18.2 Å². The van der Waals surface area contributed by atoms with E-state index in [1.165, 1.54) is 12.5 Å². The highest BCUT2D eigenvalue weighted by Gasteiger charge is 2.20. The molecule has 138 valence electrons. The second-order valence-corrected chi connectivity index (χ2v) is 6.58. The zero-order valence-corrected chi connectivity index (χ0v) is 14.5. The van der Waals surface area contributed by atoms with E-state index in [0.717, 1.165) is 31.7 Å². The maximum absolute atomic E-state index is 13.3. The molecule has 2 aromatic rings. The molecule has 1 saturated carbocycles. The van der Waals surface area contributed by atoms with Gasteiger partial charge in [0.1, 0.15) is 5.82 Å². The molecule has 3 N–H and O–H groups in total. The zero-order valence-electron chi connectivity index (χ0n) is 13.7. The Morgan fingerprint density at radius 1 is 1.08 bits per heavy atom. The van der Waals surface area contributed by atoms with Crippen LogP contribution in [-0.4, -0.2) is 28.1 Å². The highest BCUT2D eigenvalue weighted by atomic mass is 35.5. The van der Waals surface area contributed by atoms with Crippen LogP contribution in [-0.2, 0) is 0 Å². The molecule has 0 atom stereocenters. The number of hydrogen-bond acceptors (Lipinski definition) is 3. The third-order valence-electron chi connectivity index (χ3n) is 4.25. The van der Waals surface area contributed by atoms with Gasteiger partial charge in [-0.05, 0) is 25.0 Å². The number of H-pyrrole nitrogens is 1. The van der Waals surface area contributed by atoms with E-state index in [-0.39, 0.29) is 34.0 Å². The molecule has 26 heavy (non-hydrogen) atoms. The number of aromatic nitrogens is 2. The Kier molecular flexibility index (Phi) is 5.51. The minimum absolute atomic E-state index is 0.127. The molecule has 0 aliphatic heterocycles. The lowest BCUT2D eigenvalue weighted by molar-refractivity contribution is 0.0922. The van der Waals surface area contributed by atoms with E-state index < -0.39 is 17.5 Å². The number of anilines is 1. The van der Waals surface area contributed by atoms with Crippen molar-refractivity contribution in [2.24, 2.45) is 0 Å². The van der Waals surface area contributed by atoms with Crippen molar-refractivity contribution < 1.29 is 18.4 Å². The maximum Gasteiger partial charge on any atom is 0.272 e. The summed E-state index contributed by atoms with van der Waals surface area (Å²) in [5.41, 5.74) is -0.101. The molecule has 3 rings (SSSR count). The molecule has 1 aromatic heterocycles. The van der Waals surface area contributed by atoms with E-state index in [0.29, 0.717) is 6.07 Å². The van der Waals surface area contributed by atoms with Gasteiger partial charge in [-0.2, -0.15) is 5.10 Å². The van der Waals surface area contributed by atoms with Crippen LogP contribution in [0.25, 0.3) is 0 Å². The average Bonchev–Trinajstić information content (AvgIpc) is 3.07. The summed E-state index contributed by atoms with van der Waals surface area (Å²) < 4.78 is 26.4. The average molecular weight is 383 g/mol. The minimum Gasteiger partial charge on any atom is -0.348 e. The van der Waals surface area contributed by atoms with Gasteiger partial charge in [0.05, 0.1) is 10.6 Å². The Balaban J connectivity index is 1.65. The van der Waals surface area contributed by atoms with Crippen LogP contribution >= 0.6 is 11.6 Å². The number of carbonyl (C=O) groups is 2. The van der Waals surface area contributed by atoms with Crippen molar-refractivity contribution in [3.05, 3.63) is 46.1 Å². The predicted octanol–water partition coefficient (Wildman–Crippen LogP) is 3.66. The number of aromatic amines is 1. The van der Waals surface area contributed by atoms with E-state index in [1.807, 2.05) is 0 Å². The minimum atomic E-state index is -1.18. The molecule has 0 radical (unpaired) electrons. The van der Waals surface area contributed by atoms with Crippen LogP contribution in [0.4, 0.5) is 14.6 Å². The Morgan fingerprint density at radius 3 is 2.50 bits per heavy atom. The van der Waals surface area contributed by atoms with Gasteiger partial charge in [-0.15, -0.1) is 0 Å². The van der Waals surface area contributed by atoms with E-state index in [1.54, 1.807) is 0 Å². The topological polar surface area (TPSA) is 86.9 Å². The van der Waals surface area contributed by atoms with Crippen LogP contribution < -0.4 is 10.6 Å². The van der Waals surface area contributed by atoms with E-state index in [4.69, 9.17) is 11.6 Å². The standard InChI is InChI=1S/C17H17ClF2N4O2/c18-11-7-13(20)12(19)6-10(11)16(25)22-15-8-14(23-24-15)17(26)21-9-4-2-1-3-5-9/h6-9H,1-5H2,(H,21,26)(H2,22,23,24,25). The lowest BCUT2D eigenvalue weighted by atomic mass is 9.95. The first-order valence-electron chi connectivity index (χ1n) is 8.26. The number of nitrogens with zero attached hydrogens (tertiary/aromatic N) is 1. The van der Waals surface area contributed by atoms with Crippen molar-refractivity contribution in [1.29, 1.82) is 0 Å². The summed E-state index contributed by atoms with van der Waals surface area (Å²) in [4.78, 5) is 24.4. The predicted molar refractivity (Wildman–Crippen MR) is 92.2 cm³/mol. The second kappa shape index (κ2) is 7.82. The molecule has 1 heterocycles. The van der Waals surface area contributed by atoms with E-state index in [2.05, 4.69) is 20.8 Å². The molecule has 6 nitrogen and oxygen atoms in total. The van der Waals surface area contributed by atoms with Gasteiger partial charge >= 0.3 is 0 Å². The summed E-state index contributed by atoms with van der Waals surface area (Å²) in [6.45, 7) is 0. The fraction of sp³-hybridized carbons (Fsp3) is 0.353. The van der Waals surface area contributed by atoms with Crippen molar-refractivity contribution in [3.8, 4) is 0 Å². The summed E-state index contributed by atoms with van der Waals surface area (Å²) in [6.07, 6.45) is 5.23. The Labute approximate surface area is 153 Å². The monoisotopic (exact) mass is 382 g/mol. The first-order valence-corrected chi connectivity index (χ1v) is 8.64.